The van der Waals surface area contributed by atoms with Crippen molar-refractivity contribution in [1.82, 2.24) is 19.0 Å². The molecule has 4 heterocycles. The highest BCUT2D eigenvalue weighted by Gasteiger charge is 2.20. The first-order valence-corrected chi connectivity index (χ1v) is 14.2. The Labute approximate surface area is 230 Å². The van der Waals surface area contributed by atoms with Crippen LogP contribution in [0, 0.1) is 5.92 Å². The second-order valence-corrected chi connectivity index (χ2v) is 11.7. The lowest BCUT2D eigenvalue weighted by Crippen LogP contribution is -2.38. The van der Waals surface area contributed by atoms with Gasteiger partial charge in [0.15, 0.2) is 0 Å². The second kappa shape index (κ2) is 13.1. The number of nitrogens with one attached hydrogen (secondary N) is 1. The minimum Gasteiger partial charge on any atom is -0.303 e. The number of sulfonamides is 1. The van der Waals surface area contributed by atoms with Crippen molar-refractivity contribution in [2.75, 3.05) is 26.2 Å². The van der Waals surface area contributed by atoms with Gasteiger partial charge in [-0.1, -0.05) is 48.2 Å². The van der Waals surface area contributed by atoms with Gasteiger partial charge in [0.2, 0.25) is 10.0 Å². The van der Waals surface area contributed by atoms with Crippen molar-refractivity contribution in [3.05, 3.63) is 82.4 Å². The van der Waals surface area contributed by atoms with E-state index in [0.717, 1.165) is 66.6 Å². The van der Waals surface area contributed by atoms with Gasteiger partial charge in [0.1, 0.15) is 5.65 Å². The average molecular weight is 568 g/mol. The van der Waals surface area contributed by atoms with Crippen molar-refractivity contribution in [3.63, 3.8) is 0 Å². The van der Waals surface area contributed by atoms with Crippen LogP contribution in [0.1, 0.15) is 30.5 Å². The molecule has 2 aliphatic rings. The maximum Gasteiger partial charge on any atom is 0.233 e. The smallest absolute Gasteiger partial charge is 0.233 e. The van der Waals surface area contributed by atoms with E-state index in [1.165, 1.54) is 11.0 Å². The Morgan fingerprint density at radius 3 is 2.61 bits per heavy atom. The first-order valence-electron chi connectivity index (χ1n) is 11.9. The van der Waals surface area contributed by atoms with Crippen molar-refractivity contribution in [2.45, 2.75) is 30.7 Å². The number of hydrogen-bond donors (Lipinski definition) is 1. The Morgan fingerprint density at radius 1 is 1.06 bits per heavy atom. The van der Waals surface area contributed by atoms with Crippen LogP contribution in [0.4, 0.5) is 0 Å². The van der Waals surface area contributed by atoms with Crippen LogP contribution in [0.3, 0.4) is 0 Å². The van der Waals surface area contributed by atoms with E-state index in [1.54, 1.807) is 17.8 Å². The van der Waals surface area contributed by atoms with Crippen LogP contribution in [0.5, 0.6) is 0 Å². The number of aryl methyl sites for hydroxylation is 1. The minimum absolute atomic E-state index is 0. The van der Waals surface area contributed by atoms with Crippen molar-refractivity contribution >= 4 is 58.3 Å². The quantitative estimate of drug-likeness (QED) is 0.375. The second-order valence-electron chi connectivity index (χ2n) is 8.96. The number of halogens is 2. The van der Waals surface area contributed by atoms with Crippen LogP contribution in [0.2, 0.25) is 0 Å². The van der Waals surface area contributed by atoms with Crippen molar-refractivity contribution < 1.29 is 8.42 Å². The highest BCUT2D eigenvalue weighted by atomic mass is 35.5. The molecule has 0 spiro atoms. The number of benzene rings is 1. The van der Waals surface area contributed by atoms with Gasteiger partial charge in [-0.15, -0.1) is 24.8 Å². The maximum absolute atomic E-state index is 12.6. The number of aromatic nitrogens is 2. The summed E-state index contributed by atoms with van der Waals surface area (Å²) in [5, 5.41) is 2.32. The van der Waals surface area contributed by atoms with E-state index in [9.17, 15) is 8.42 Å². The number of likely N-dealkylation sites (tertiary alicyclic amines) is 1. The zero-order valence-corrected chi connectivity index (χ0v) is 23.2. The number of hydrogen-bond acceptors (Lipinski definition) is 5. The molecule has 0 bridgehead atoms. The summed E-state index contributed by atoms with van der Waals surface area (Å²) in [7, 11) is -3.48. The summed E-state index contributed by atoms with van der Waals surface area (Å²) in [6, 6.07) is 16.6. The Bertz CT molecular complexity index is 1300. The number of nitrogens with zero attached hydrogens (tertiary/aromatic N) is 3. The van der Waals surface area contributed by atoms with Crippen LogP contribution in [0.15, 0.2) is 76.1 Å². The Hall–Kier alpha value is -1.81. The fraction of sp³-hybridized carbons (Fsp3) is 0.346. The lowest BCUT2D eigenvalue weighted by atomic mass is 9.97. The van der Waals surface area contributed by atoms with Gasteiger partial charge in [0.25, 0.3) is 0 Å². The van der Waals surface area contributed by atoms with Crippen LogP contribution < -0.4 is 4.72 Å². The molecular formula is C26H32Cl2N4O2S2. The molecule has 194 valence electrons. The van der Waals surface area contributed by atoms with Gasteiger partial charge in [0.05, 0.1) is 16.9 Å². The standard InChI is InChI=1S/C26H30N4O2S2.2ClH/c31-34(32,17-13-24-18-23-20-27-25-9-4-10-26(33-24)30(23)25)28-19-22-11-15-29(16-12-22)14-5-8-21-6-2-1-3-7-21;;/h1-4,6-7,9-10,13,17-18,20,22,28H,5,8,11-12,14-16,19H2;2*1H. The van der Waals surface area contributed by atoms with Gasteiger partial charge in [-0.25, -0.2) is 18.1 Å². The van der Waals surface area contributed by atoms with Crippen LogP contribution in [-0.4, -0.2) is 48.9 Å². The van der Waals surface area contributed by atoms with Crippen molar-refractivity contribution in [3.8, 4) is 0 Å². The van der Waals surface area contributed by atoms with Gasteiger partial charge < -0.3 is 4.90 Å². The third-order valence-electron chi connectivity index (χ3n) is 6.51. The molecule has 1 N–H and O–H groups in total. The van der Waals surface area contributed by atoms with E-state index < -0.39 is 10.0 Å². The number of piperidine rings is 1. The lowest BCUT2D eigenvalue weighted by molar-refractivity contribution is 0.184. The van der Waals surface area contributed by atoms with E-state index in [4.69, 9.17) is 0 Å². The predicted octanol–water partition coefficient (Wildman–Crippen LogP) is 5.40. The van der Waals surface area contributed by atoms with Gasteiger partial charge in [-0.3, -0.25) is 4.40 Å². The number of rotatable bonds is 9. The molecule has 5 rings (SSSR count). The summed E-state index contributed by atoms with van der Waals surface area (Å²) in [6.07, 6.45) is 9.80. The average Bonchev–Trinajstić information content (AvgIpc) is 3.28. The third-order valence-corrected chi connectivity index (χ3v) is 8.59. The summed E-state index contributed by atoms with van der Waals surface area (Å²) in [5.41, 5.74) is 3.26. The highest BCUT2D eigenvalue weighted by Crippen LogP contribution is 2.35. The summed E-state index contributed by atoms with van der Waals surface area (Å²) >= 11 is 1.55. The van der Waals surface area contributed by atoms with Crippen LogP contribution in [-0.2, 0) is 16.4 Å². The van der Waals surface area contributed by atoms with Gasteiger partial charge in [-0.05, 0) is 81.1 Å². The van der Waals surface area contributed by atoms with E-state index in [2.05, 4.69) is 49.3 Å². The third kappa shape index (κ3) is 7.37. The molecule has 1 saturated heterocycles. The highest BCUT2D eigenvalue weighted by molar-refractivity contribution is 8.03. The molecule has 1 aromatic carbocycles. The minimum atomic E-state index is -3.48. The molecule has 0 saturated carbocycles. The molecule has 10 heteroatoms. The fourth-order valence-corrected chi connectivity index (χ4v) is 6.56. The van der Waals surface area contributed by atoms with Gasteiger partial charge in [-0.2, -0.15) is 0 Å². The van der Waals surface area contributed by atoms with Crippen LogP contribution in [0.25, 0.3) is 11.7 Å². The summed E-state index contributed by atoms with van der Waals surface area (Å²) < 4.78 is 30.0. The zero-order chi connectivity index (χ0) is 23.4. The molecule has 36 heavy (non-hydrogen) atoms. The van der Waals surface area contributed by atoms with E-state index in [-0.39, 0.29) is 24.8 Å². The van der Waals surface area contributed by atoms with E-state index in [0.29, 0.717) is 12.5 Å². The Balaban J connectivity index is 0.00000180. The Morgan fingerprint density at radius 2 is 1.83 bits per heavy atom. The van der Waals surface area contributed by atoms with E-state index >= 15 is 0 Å². The first-order chi connectivity index (χ1) is 16.6. The molecule has 6 nitrogen and oxygen atoms in total. The largest absolute Gasteiger partial charge is 0.303 e. The SMILES string of the molecule is Cl.Cl.O=S(=O)(C=CC1=Cc2cnc3cccc(n23)S1)NCC1CCN(CCCc2ccccc2)CC1. The topological polar surface area (TPSA) is 66.7 Å². The Kier molecular flexibility index (Phi) is 10.5. The summed E-state index contributed by atoms with van der Waals surface area (Å²) in [6.45, 7) is 3.69. The molecule has 0 amide bonds. The van der Waals surface area contributed by atoms with Crippen molar-refractivity contribution in [2.24, 2.45) is 5.92 Å². The number of allylic oxidation sites excluding steroid dienone is 1. The molecule has 0 unspecified atom stereocenters. The zero-order valence-electron chi connectivity index (χ0n) is 20.0. The van der Waals surface area contributed by atoms with Crippen molar-refractivity contribution in [1.29, 1.82) is 0 Å². The maximum atomic E-state index is 12.6. The number of pyridine rings is 1. The molecule has 2 aromatic heterocycles. The van der Waals surface area contributed by atoms with Gasteiger partial charge in [0, 0.05) is 16.9 Å². The van der Waals surface area contributed by atoms with Crippen LogP contribution >= 0.6 is 36.6 Å². The first kappa shape index (κ1) is 28.8. The van der Waals surface area contributed by atoms with E-state index in [1.807, 2.05) is 30.5 Å². The molecule has 3 aromatic rings. The fourth-order valence-electron chi connectivity index (χ4n) is 4.59. The number of imidazole rings is 1. The number of thioether (sulfide) groups is 1. The molecule has 2 aliphatic heterocycles. The normalized spacial score (nSPS) is 16.5. The molecule has 1 fully saturated rings. The molecule has 0 radical (unpaired) electrons. The molecule has 0 atom stereocenters. The van der Waals surface area contributed by atoms with Gasteiger partial charge >= 0.3 is 0 Å². The predicted molar refractivity (Wildman–Crippen MR) is 154 cm³/mol. The monoisotopic (exact) mass is 566 g/mol. The molecular weight excluding hydrogens is 535 g/mol. The lowest BCUT2D eigenvalue weighted by Gasteiger charge is -2.31. The molecule has 0 aliphatic carbocycles. The summed E-state index contributed by atoms with van der Waals surface area (Å²) in [5.74, 6) is 0.392. The summed E-state index contributed by atoms with van der Waals surface area (Å²) in [4.78, 5) is 7.79.